The number of rotatable bonds is 69. The van der Waals surface area contributed by atoms with E-state index < -0.39 is 24.3 Å². The third-order valence-corrected chi connectivity index (χ3v) is 16.0. The number of carbonyl (C=O) groups excluding carboxylic acids is 3. The van der Waals surface area contributed by atoms with Crippen LogP contribution in [0.15, 0.2) is 170 Å². The fourth-order valence-corrected chi connectivity index (χ4v) is 10.2. The molecule has 95 heavy (non-hydrogen) atoms. The highest BCUT2D eigenvalue weighted by molar-refractivity contribution is 5.70. The number of hydrogen-bond donors (Lipinski definition) is 0. The SMILES string of the molecule is CC/C=C\C/C=C\C/C=C\C/C=C\C/C=C\C/C=C\C/C=C\C/C=C\C/C=C\CCCCCCCCCCCCCCCC(=O)OC(COC(=O)CCCCCCCCCCCCCCC/C=C\C/C=C\C/C=C\C/C=C\C/C=C\CC)COC(OCC[N+](C)(C)C)C(=O)[O-]. The molecule has 0 bridgehead atoms. The van der Waals surface area contributed by atoms with Gasteiger partial charge in [-0.3, -0.25) is 9.59 Å². The van der Waals surface area contributed by atoms with Crippen LogP contribution in [0.1, 0.15) is 296 Å². The van der Waals surface area contributed by atoms with Crippen LogP contribution in [-0.2, 0) is 33.3 Å². The van der Waals surface area contributed by atoms with Crippen LogP contribution in [0.2, 0.25) is 0 Å². The van der Waals surface area contributed by atoms with Crippen molar-refractivity contribution < 1.29 is 42.9 Å². The van der Waals surface area contributed by atoms with Crippen LogP contribution < -0.4 is 5.11 Å². The van der Waals surface area contributed by atoms with Crippen LogP contribution in [0.25, 0.3) is 0 Å². The highest BCUT2D eigenvalue weighted by atomic mass is 16.7. The third kappa shape index (κ3) is 75.9. The standard InChI is InChI=1S/C86H141NO8/c1-6-8-10-12-14-16-18-20-22-24-26-28-30-32-34-36-37-38-39-40-41-42-43-44-45-46-47-49-51-53-55-57-59-61-63-65-67-69-71-73-75-77-84(89)95-82(81-94-86(85(90)91)92-79-78-87(3,4)5)80-93-83(88)76-74-72-70-68-66-64-62-60-58-56-54-52-50-48-35-33-31-29-27-25-23-21-19-17-15-13-11-9-7-2/h8-11,14-17,20-23,26-29,32-35,37-38,40-41,43-44,46-47,82,86H,6-7,12-13,18-19,24-25,30-31,36,39,42,45,48-81H2,1-5H3/b10-8-,11-9-,16-14-,17-15-,22-20-,23-21-,28-26-,29-27-,34-32-,35-33-,38-37-,41-40-,44-43-,47-46-. The zero-order chi connectivity index (χ0) is 69.0. The van der Waals surface area contributed by atoms with E-state index in [1.54, 1.807) is 0 Å². The lowest BCUT2D eigenvalue weighted by atomic mass is 10.0. The first-order valence-electron chi connectivity index (χ1n) is 38.3. The fraction of sp³-hybridized carbons (Fsp3) is 0.640. The topological polar surface area (TPSA) is 111 Å². The molecule has 2 atom stereocenters. The molecule has 0 N–H and O–H groups in total. The molecule has 0 radical (unpaired) electrons. The molecule has 0 saturated carbocycles. The molecule has 0 aliphatic carbocycles. The number of allylic oxidation sites excluding steroid dienone is 28. The maximum Gasteiger partial charge on any atom is 0.306 e. The van der Waals surface area contributed by atoms with Crippen LogP contribution in [-0.4, -0.2) is 82.3 Å². The maximum absolute atomic E-state index is 13.0. The van der Waals surface area contributed by atoms with Gasteiger partial charge in [-0.2, -0.15) is 0 Å². The summed E-state index contributed by atoms with van der Waals surface area (Å²) < 4.78 is 22.8. The molecule has 0 aliphatic rings. The fourth-order valence-electron chi connectivity index (χ4n) is 10.2. The normalized spacial score (nSPS) is 13.7. The molecule has 538 valence electrons. The Morgan fingerprint density at radius 1 is 0.316 bits per heavy atom. The number of nitrogens with zero attached hydrogens (tertiary/aromatic N) is 1. The zero-order valence-electron chi connectivity index (χ0n) is 61.5. The number of hydrogen-bond acceptors (Lipinski definition) is 8. The second-order valence-electron chi connectivity index (χ2n) is 26.2. The Labute approximate surface area is 584 Å². The number of carboxylic acid groups (broad SMARTS) is 1. The molecule has 0 heterocycles. The number of esters is 2. The predicted molar refractivity (Wildman–Crippen MR) is 407 cm³/mol. The summed E-state index contributed by atoms with van der Waals surface area (Å²) in [6.45, 7) is 4.52. The molecule has 9 nitrogen and oxygen atoms in total. The maximum atomic E-state index is 13.0. The van der Waals surface area contributed by atoms with Gasteiger partial charge in [-0.25, -0.2) is 0 Å². The minimum absolute atomic E-state index is 0.141. The van der Waals surface area contributed by atoms with Crippen molar-refractivity contribution in [3.63, 3.8) is 0 Å². The highest BCUT2D eigenvalue weighted by Crippen LogP contribution is 2.17. The van der Waals surface area contributed by atoms with Crippen LogP contribution in [0.3, 0.4) is 0 Å². The predicted octanol–water partition coefficient (Wildman–Crippen LogP) is 23.2. The first-order valence-corrected chi connectivity index (χ1v) is 38.3. The minimum atomic E-state index is -1.63. The van der Waals surface area contributed by atoms with Gasteiger partial charge in [0.25, 0.3) is 0 Å². The van der Waals surface area contributed by atoms with Crippen molar-refractivity contribution in [1.82, 2.24) is 0 Å². The Morgan fingerprint density at radius 3 is 0.842 bits per heavy atom. The van der Waals surface area contributed by atoms with Crippen molar-refractivity contribution in [3.8, 4) is 0 Å². The summed E-state index contributed by atoms with van der Waals surface area (Å²) in [6.07, 6.45) is 109. The Morgan fingerprint density at radius 2 is 0.568 bits per heavy atom. The molecule has 0 spiro atoms. The number of carbonyl (C=O) groups is 3. The molecule has 0 fully saturated rings. The monoisotopic (exact) mass is 1320 g/mol. The Kier molecular flexibility index (Phi) is 70.2. The summed E-state index contributed by atoms with van der Waals surface area (Å²) in [4.78, 5) is 37.6. The molecule has 0 saturated heterocycles. The van der Waals surface area contributed by atoms with E-state index in [0.29, 0.717) is 17.4 Å². The molecular weight excluding hydrogens is 1170 g/mol. The molecule has 0 amide bonds. The lowest BCUT2D eigenvalue weighted by Crippen LogP contribution is -2.44. The minimum Gasteiger partial charge on any atom is -0.545 e. The van der Waals surface area contributed by atoms with Crippen molar-refractivity contribution in [2.24, 2.45) is 0 Å². The van der Waals surface area contributed by atoms with Gasteiger partial charge in [0.05, 0.1) is 40.3 Å². The Hall–Kier alpha value is -5.35. The van der Waals surface area contributed by atoms with Crippen LogP contribution >= 0.6 is 0 Å². The van der Waals surface area contributed by atoms with Gasteiger partial charge in [0, 0.05) is 12.8 Å². The van der Waals surface area contributed by atoms with E-state index >= 15 is 0 Å². The molecule has 0 aromatic rings. The number of aliphatic carboxylic acids is 1. The van der Waals surface area contributed by atoms with E-state index in [-0.39, 0.29) is 38.6 Å². The van der Waals surface area contributed by atoms with E-state index in [1.165, 1.54) is 135 Å². The average Bonchev–Trinajstić information content (AvgIpc) is 3.54. The lowest BCUT2D eigenvalue weighted by Gasteiger charge is -2.26. The van der Waals surface area contributed by atoms with Crippen LogP contribution in [0, 0.1) is 0 Å². The van der Waals surface area contributed by atoms with Crippen molar-refractivity contribution in [2.45, 2.75) is 309 Å². The molecule has 2 unspecified atom stereocenters. The number of quaternary nitrogens is 1. The van der Waals surface area contributed by atoms with Gasteiger partial charge in [-0.05, 0) is 128 Å². The first kappa shape index (κ1) is 89.6. The average molecular weight is 1320 g/mol. The molecular formula is C86H141NO8. The molecule has 0 aliphatic heterocycles. The number of likely N-dealkylation sites (N-methyl/N-ethyl adjacent to an activating group) is 1. The summed E-state index contributed by atoms with van der Waals surface area (Å²) >= 11 is 0. The van der Waals surface area contributed by atoms with Gasteiger partial charge in [0.2, 0.25) is 0 Å². The van der Waals surface area contributed by atoms with Gasteiger partial charge in [-0.15, -0.1) is 0 Å². The van der Waals surface area contributed by atoms with Gasteiger partial charge in [-0.1, -0.05) is 325 Å². The van der Waals surface area contributed by atoms with E-state index in [2.05, 4.69) is 184 Å². The quantitative estimate of drug-likeness (QED) is 0.0195. The summed E-state index contributed by atoms with van der Waals surface area (Å²) in [5, 5.41) is 11.9. The smallest absolute Gasteiger partial charge is 0.306 e. The van der Waals surface area contributed by atoms with Gasteiger partial charge < -0.3 is 33.3 Å². The van der Waals surface area contributed by atoms with E-state index in [4.69, 9.17) is 18.9 Å². The number of unbranched alkanes of at least 4 members (excludes halogenated alkanes) is 26. The van der Waals surface area contributed by atoms with Crippen molar-refractivity contribution in [1.29, 1.82) is 0 Å². The zero-order valence-corrected chi connectivity index (χ0v) is 61.5. The highest BCUT2D eigenvalue weighted by Gasteiger charge is 2.22. The lowest BCUT2D eigenvalue weighted by molar-refractivity contribution is -0.870. The number of carboxylic acids is 1. The van der Waals surface area contributed by atoms with E-state index in [1.807, 2.05) is 21.1 Å². The second kappa shape index (κ2) is 74.4. The Bertz CT molecular complexity index is 2170. The van der Waals surface area contributed by atoms with Gasteiger partial charge in [0.1, 0.15) is 13.2 Å². The Balaban J connectivity index is 4.10. The second-order valence-corrected chi connectivity index (χ2v) is 26.2. The largest absolute Gasteiger partial charge is 0.545 e. The summed E-state index contributed by atoms with van der Waals surface area (Å²) in [5.74, 6) is -2.29. The molecule has 0 aromatic heterocycles. The van der Waals surface area contributed by atoms with Gasteiger partial charge in [0.15, 0.2) is 12.4 Å². The van der Waals surface area contributed by atoms with Crippen molar-refractivity contribution in [3.05, 3.63) is 170 Å². The summed E-state index contributed by atoms with van der Waals surface area (Å²) in [6, 6.07) is 0. The van der Waals surface area contributed by atoms with E-state index in [0.717, 1.165) is 128 Å². The van der Waals surface area contributed by atoms with Crippen molar-refractivity contribution >= 4 is 17.9 Å². The first-order chi connectivity index (χ1) is 46.6. The van der Waals surface area contributed by atoms with Gasteiger partial charge >= 0.3 is 11.9 Å². The van der Waals surface area contributed by atoms with E-state index in [9.17, 15) is 19.5 Å². The molecule has 9 heteroatoms. The van der Waals surface area contributed by atoms with Crippen LogP contribution in [0.4, 0.5) is 0 Å². The summed E-state index contributed by atoms with van der Waals surface area (Å²) in [7, 11) is 5.93. The van der Waals surface area contributed by atoms with Crippen molar-refractivity contribution in [2.75, 3.05) is 47.5 Å². The third-order valence-electron chi connectivity index (χ3n) is 16.0. The molecule has 0 rings (SSSR count). The van der Waals surface area contributed by atoms with Crippen LogP contribution in [0.5, 0.6) is 0 Å². The number of ether oxygens (including phenoxy) is 4. The summed E-state index contributed by atoms with van der Waals surface area (Å²) in [5.41, 5.74) is 0. The molecule has 0 aromatic carbocycles.